The molecular formula is C20H19N5O4. The predicted octanol–water partition coefficient (Wildman–Crippen LogP) is 1.71. The van der Waals surface area contributed by atoms with E-state index in [1.54, 1.807) is 19.2 Å². The van der Waals surface area contributed by atoms with Gasteiger partial charge in [0, 0.05) is 37.0 Å². The molecule has 9 heteroatoms. The number of aromatic nitrogens is 1. The van der Waals surface area contributed by atoms with Gasteiger partial charge in [-0.3, -0.25) is 14.6 Å². The van der Waals surface area contributed by atoms with Crippen molar-refractivity contribution >= 4 is 34.8 Å². The highest BCUT2D eigenvalue weighted by Gasteiger charge is 2.24. The molecule has 4 rings (SSSR count). The van der Waals surface area contributed by atoms with E-state index in [4.69, 9.17) is 4.52 Å². The molecule has 0 saturated carbocycles. The van der Waals surface area contributed by atoms with Gasteiger partial charge in [-0.1, -0.05) is 5.16 Å². The monoisotopic (exact) mass is 393 g/mol. The Balaban J connectivity index is 1.59. The molecule has 1 aliphatic heterocycles. The van der Waals surface area contributed by atoms with Crippen LogP contribution in [-0.2, 0) is 14.4 Å². The molecule has 0 bridgehead atoms. The van der Waals surface area contributed by atoms with Gasteiger partial charge in [0.25, 0.3) is 0 Å². The van der Waals surface area contributed by atoms with Crippen LogP contribution in [0, 0.1) is 5.92 Å². The fourth-order valence-electron chi connectivity index (χ4n) is 3.03. The van der Waals surface area contributed by atoms with Crippen molar-refractivity contribution in [3.63, 3.8) is 0 Å². The zero-order valence-corrected chi connectivity index (χ0v) is 15.6. The average Bonchev–Trinajstić information content (AvgIpc) is 3.11. The lowest BCUT2D eigenvalue weighted by Crippen LogP contribution is -2.48. The van der Waals surface area contributed by atoms with E-state index < -0.39 is 0 Å². The highest BCUT2D eigenvalue weighted by Crippen LogP contribution is 2.30. The second-order valence-electron chi connectivity index (χ2n) is 6.55. The molecule has 0 spiro atoms. The van der Waals surface area contributed by atoms with Crippen molar-refractivity contribution in [1.29, 1.82) is 0 Å². The number of carbonyl (C=O) groups is 2. The van der Waals surface area contributed by atoms with E-state index >= 15 is 0 Å². The van der Waals surface area contributed by atoms with Crippen LogP contribution in [0.2, 0.25) is 0 Å². The van der Waals surface area contributed by atoms with Crippen molar-refractivity contribution in [3.8, 4) is 11.3 Å². The minimum atomic E-state index is 0.0164. The Morgan fingerprint density at radius 3 is 2.72 bits per heavy atom. The molecule has 0 aliphatic carbocycles. The first-order valence-corrected chi connectivity index (χ1v) is 9.03. The summed E-state index contributed by atoms with van der Waals surface area (Å²) in [6, 6.07) is 12.8. The topological polar surface area (TPSA) is 118 Å². The Labute approximate surface area is 166 Å². The molecular weight excluding hydrogens is 374 g/mol. The molecule has 1 fully saturated rings. The molecule has 1 amide bonds. The summed E-state index contributed by atoms with van der Waals surface area (Å²) in [5.74, 6) is 1.03. The van der Waals surface area contributed by atoms with Crippen LogP contribution in [0.1, 0.15) is 5.56 Å². The number of aliphatic imine (C=N–C) groups is 1. The van der Waals surface area contributed by atoms with Gasteiger partial charge < -0.3 is 20.0 Å². The fourth-order valence-corrected chi connectivity index (χ4v) is 3.03. The highest BCUT2D eigenvalue weighted by atomic mass is 16.7. The number of benzene rings is 2. The Morgan fingerprint density at radius 2 is 2.07 bits per heavy atom. The Kier molecular flexibility index (Phi) is 5.21. The molecule has 1 aromatic heterocycles. The SMILES string of the molecule is CN=C(NOC=O)c1ccc2noc(-c3ccc(NC(=O)C4CNC4)cc3)c2c1. The number of anilines is 1. The van der Waals surface area contributed by atoms with E-state index in [0.29, 0.717) is 35.8 Å². The van der Waals surface area contributed by atoms with Crippen molar-refractivity contribution in [2.24, 2.45) is 10.9 Å². The molecule has 1 saturated heterocycles. The molecule has 3 N–H and O–H groups in total. The molecule has 0 atom stereocenters. The number of carbonyl (C=O) groups excluding carboxylic acids is 2. The normalized spacial score (nSPS) is 14.3. The zero-order valence-electron chi connectivity index (χ0n) is 15.6. The summed E-state index contributed by atoms with van der Waals surface area (Å²) in [4.78, 5) is 31.1. The predicted molar refractivity (Wildman–Crippen MR) is 107 cm³/mol. The van der Waals surface area contributed by atoms with Gasteiger partial charge in [-0.25, -0.2) is 5.48 Å². The molecule has 2 aromatic carbocycles. The molecule has 0 radical (unpaired) electrons. The van der Waals surface area contributed by atoms with Crippen LogP contribution in [0.25, 0.3) is 22.2 Å². The zero-order chi connectivity index (χ0) is 20.2. The van der Waals surface area contributed by atoms with Crippen molar-refractivity contribution in [1.82, 2.24) is 16.0 Å². The lowest BCUT2D eigenvalue weighted by molar-refractivity contribution is -0.132. The second kappa shape index (κ2) is 8.11. The maximum absolute atomic E-state index is 12.1. The minimum absolute atomic E-state index is 0.0164. The minimum Gasteiger partial charge on any atom is -0.355 e. The number of amidine groups is 1. The van der Waals surface area contributed by atoms with Crippen molar-refractivity contribution < 1.29 is 18.9 Å². The number of hydroxylamine groups is 1. The third-order valence-electron chi connectivity index (χ3n) is 4.74. The van der Waals surface area contributed by atoms with Crippen LogP contribution in [-0.4, -0.2) is 43.5 Å². The average molecular weight is 393 g/mol. The molecule has 3 aromatic rings. The van der Waals surface area contributed by atoms with E-state index in [2.05, 4.69) is 31.1 Å². The van der Waals surface area contributed by atoms with E-state index in [1.165, 1.54) is 0 Å². The number of fused-ring (bicyclic) bond motifs is 1. The van der Waals surface area contributed by atoms with Crippen molar-refractivity contribution in [3.05, 3.63) is 48.0 Å². The fraction of sp³-hybridized carbons (Fsp3) is 0.200. The molecule has 2 heterocycles. The summed E-state index contributed by atoms with van der Waals surface area (Å²) in [6.45, 7) is 1.72. The largest absolute Gasteiger partial charge is 0.355 e. The van der Waals surface area contributed by atoms with Crippen LogP contribution >= 0.6 is 0 Å². The first kappa shape index (κ1) is 18.6. The van der Waals surface area contributed by atoms with Crippen molar-refractivity contribution in [2.45, 2.75) is 0 Å². The third-order valence-corrected chi connectivity index (χ3v) is 4.74. The number of hydrogen-bond acceptors (Lipinski definition) is 7. The summed E-state index contributed by atoms with van der Waals surface area (Å²) in [5, 5.41) is 10.9. The van der Waals surface area contributed by atoms with E-state index in [9.17, 15) is 9.59 Å². The smallest absolute Gasteiger partial charge is 0.320 e. The van der Waals surface area contributed by atoms with Crippen LogP contribution in [0.15, 0.2) is 52.0 Å². The van der Waals surface area contributed by atoms with Crippen LogP contribution in [0.5, 0.6) is 0 Å². The maximum Gasteiger partial charge on any atom is 0.320 e. The Hall–Kier alpha value is -3.72. The van der Waals surface area contributed by atoms with Crippen LogP contribution in [0.4, 0.5) is 5.69 Å². The van der Waals surface area contributed by atoms with Gasteiger partial charge in [-0.15, -0.1) is 0 Å². The Morgan fingerprint density at radius 1 is 1.28 bits per heavy atom. The quantitative estimate of drug-likeness (QED) is 0.252. The summed E-state index contributed by atoms with van der Waals surface area (Å²) < 4.78 is 5.54. The lowest BCUT2D eigenvalue weighted by atomic mass is 10.0. The molecule has 148 valence electrons. The van der Waals surface area contributed by atoms with Gasteiger partial charge in [0.05, 0.1) is 11.3 Å². The standard InChI is InChI=1S/C20H19N5O4/c1-21-19(25-28-11-26)13-4-7-17-16(8-13)18(29-24-17)12-2-5-15(6-3-12)23-20(27)14-9-22-10-14/h2-8,11,14,22H,9-10H2,1H3,(H,21,25)(H,23,27). The summed E-state index contributed by atoms with van der Waals surface area (Å²) in [6.07, 6.45) is 0. The third kappa shape index (κ3) is 3.81. The van der Waals surface area contributed by atoms with E-state index in [-0.39, 0.29) is 18.3 Å². The van der Waals surface area contributed by atoms with Crippen LogP contribution < -0.4 is 16.1 Å². The lowest BCUT2D eigenvalue weighted by Gasteiger charge is -2.25. The highest BCUT2D eigenvalue weighted by molar-refractivity contribution is 6.03. The van der Waals surface area contributed by atoms with Crippen LogP contribution in [0.3, 0.4) is 0 Å². The van der Waals surface area contributed by atoms with E-state index in [0.717, 1.165) is 16.6 Å². The maximum atomic E-state index is 12.1. The molecule has 1 aliphatic rings. The van der Waals surface area contributed by atoms with Gasteiger partial charge in [-0.05, 0) is 42.5 Å². The molecule has 0 unspecified atom stereocenters. The van der Waals surface area contributed by atoms with Gasteiger partial charge in [0.15, 0.2) is 11.6 Å². The molecule has 9 nitrogen and oxygen atoms in total. The summed E-state index contributed by atoms with van der Waals surface area (Å²) in [5.41, 5.74) is 5.43. The Bertz CT molecular complexity index is 1070. The van der Waals surface area contributed by atoms with Gasteiger partial charge in [0.2, 0.25) is 5.91 Å². The number of rotatable bonds is 6. The summed E-state index contributed by atoms with van der Waals surface area (Å²) in [7, 11) is 1.59. The van der Waals surface area contributed by atoms with Gasteiger partial charge in [-0.2, -0.15) is 0 Å². The molecule has 29 heavy (non-hydrogen) atoms. The second-order valence-corrected chi connectivity index (χ2v) is 6.55. The van der Waals surface area contributed by atoms with E-state index in [1.807, 2.05) is 30.3 Å². The number of amides is 1. The first-order chi connectivity index (χ1) is 14.2. The van der Waals surface area contributed by atoms with Gasteiger partial charge in [0.1, 0.15) is 5.52 Å². The summed E-state index contributed by atoms with van der Waals surface area (Å²) >= 11 is 0. The van der Waals surface area contributed by atoms with Gasteiger partial charge >= 0.3 is 6.47 Å². The van der Waals surface area contributed by atoms with Crippen molar-refractivity contribution in [2.75, 3.05) is 25.5 Å². The number of hydrogen-bond donors (Lipinski definition) is 3. The first-order valence-electron chi connectivity index (χ1n) is 9.03. The number of nitrogens with one attached hydrogen (secondary N) is 3. The number of nitrogens with zero attached hydrogens (tertiary/aromatic N) is 2.